The molecule has 0 aromatic carbocycles. The molecule has 1 rings (SSSR count). The summed E-state index contributed by atoms with van der Waals surface area (Å²) < 4.78 is 0. The van der Waals surface area contributed by atoms with Gasteiger partial charge in [0.05, 0.1) is 0 Å². The van der Waals surface area contributed by atoms with Gasteiger partial charge in [-0.15, -0.1) is 0 Å². The summed E-state index contributed by atoms with van der Waals surface area (Å²) in [6.45, 7) is 6.35. The lowest BCUT2D eigenvalue weighted by Gasteiger charge is -2.40. The average molecular weight is 200 g/mol. The first-order chi connectivity index (χ1) is 6.33. The zero-order valence-electron chi connectivity index (χ0n) is 9.21. The maximum Gasteiger partial charge on any atom is 0.303 e. The molecule has 3 heteroatoms. The number of carboxylic acid groups (broad SMARTS) is 1. The highest BCUT2D eigenvalue weighted by Crippen LogP contribution is 2.56. The van der Waals surface area contributed by atoms with Crippen LogP contribution in [0.5, 0.6) is 0 Å². The van der Waals surface area contributed by atoms with Crippen molar-refractivity contribution in [3.63, 3.8) is 0 Å². The minimum absolute atomic E-state index is 0.0832. The molecule has 0 radical (unpaired) electrons. The van der Waals surface area contributed by atoms with E-state index in [0.29, 0.717) is 0 Å². The van der Waals surface area contributed by atoms with Crippen LogP contribution < -0.4 is 0 Å². The number of aliphatic hydroxyl groups is 1. The predicted octanol–water partition coefficient (Wildman–Crippen LogP) is 1.90. The molecule has 1 aliphatic carbocycles. The van der Waals surface area contributed by atoms with Crippen molar-refractivity contribution >= 4 is 5.97 Å². The van der Waals surface area contributed by atoms with Gasteiger partial charge in [0.15, 0.2) is 0 Å². The van der Waals surface area contributed by atoms with Gasteiger partial charge in [-0.2, -0.15) is 0 Å². The van der Waals surface area contributed by atoms with Gasteiger partial charge in [-0.3, -0.25) is 4.79 Å². The maximum atomic E-state index is 10.7. The third kappa shape index (κ3) is 1.65. The zero-order chi connectivity index (χ0) is 11.0. The molecule has 2 atom stereocenters. The first-order valence-electron chi connectivity index (χ1n) is 5.16. The predicted molar refractivity (Wildman–Crippen MR) is 54.0 cm³/mol. The fourth-order valence-corrected chi connectivity index (χ4v) is 2.52. The van der Waals surface area contributed by atoms with Crippen molar-refractivity contribution in [2.24, 2.45) is 16.7 Å². The molecule has 3 nitrogen and oxygen atoms in total. The summed E-state index contributed by atoms with van der Waals surface area (Å²) in [6.07, 6.45) is 2.06. The van der Waals surface area contributed by atoms with Gasteiger partial charge >= 0.3 is 5.97 Å². The minimum Gasteiger partial charge on any atom is -0.481 e. The van der Waals surface area contributed by atoms with Crippen LogP contribution in [0.3, 0.4) is 0 Å². The quantitative estimate of drug-likeness (QED) is 0.731. The molecule has 1 saturated carbocycles. The van der Waals surface area contributed by atoms with Crippen LogP contribution in [0.4, 0.5) is 0 Å². The monoisotopic (exact) mass is 200 g/mol. The molecule has 82 valence electrons. The van der Waals surface area contributed by atoms with Crippen LogP contribution in [0.25, 0.3) is 0 Å². The fourth-order valence-electron chi connectivity index (χ4n) is 2.52. The number of aliphatic carboxylic acids is 1. The molecule has 0 amide bonds. The van der Waals surface area contributed by atoms with E-state index in [-0.39, 0.29) is 29.8 Å². The molecular formula is C11H20O3. The van der Waals surface area contributed by atoms with Gasteiger partial charge in [-0.1, -0.05) is 20.8 Å². The van der Waals surface area contributed by atoms with E-state index in [2.05, 4.69) is 20.8 Å². The molecule has 14 heavy (non-hydrogen) atoms. The molecule has 2 N–H and O–H groups in total. The number of hydrogen-bond donors (Lipinski definition) is 2. The highest BCUT2D eigenvalue weighted by molar-refractivity contribution is 5.67. The van der Waals surface area contributed by atoms with Crippen molar-refractivity contribution in [1.82, 2.24) is 0 Å². The SMILES string of the molecule is CC1(CO)CCC(CC(=O)O)C1(C)C. The number of aliphatic hydroxyl groups excluding tert-OH is 1. The van der Waals surface area contributed by atoms with E-state index in [4.69, 9.17) is 5.11 Å². The van der Waals surface area contributed by atoms with Crippen molar-refractivity contribution in [2.45, 2.75) is 40.0 Å². The highest BCUT2D eigenvalue weighted by atomic mass is 16.4. The van der Waals surface area contributed by atoms with Crippen LogP contribution in [-0.4, -0.2) is 22.8 Å². The topological polar surface area (TPSA) is 57.5 Å². The molecule has 0 saturated heterocycles. The zero-order valence-corrected chi connectivity index (χ0v) is 9.21. The normalized spacial score (nSPS) is 35.9. The Morgan fingerprint density at radius 2 is 2.00 bits per heavy atom. The lowest BCUT2D eigenvalue weighted by molar-refractivity contribution is -0.139. The summed E-state index contributed by atoms with van der Waals surface area (Å²) in [5, 5.41) is 18.2. The molecule has 0 bridgehead atoms. The third-order valence-electron chi connectivity index (χ3n) is 4.39. The van der Waals surface area contributed by atoms with Crippen molar-refractivity contribution < 1.29 is 15.0 Å². The molecule has 0 heterocycles. The smallest absolute Gasteiger partial charge is 0.303 e. The van der Waals surface area contributed by atoms with Gasteiger partial charge in [0.1, 0.15) is 0 Å². The largest absolute Gasteiger partial charge is 0.481 e. The van der Waals surface area contributed by atoms with Gasteiger partial charge in [-0.25, -0.2) is 0 Å². The number of carbonyl (C=O) groups is 1. The Morgan fingerprint density at radius 3 is 2.36 bits per heavy atom. The van der Waals surface area contributed by atoms with E-state index in [1.165, 1.54) is 0 Å². The Hall–Kier alpha value is -0.570. The molecule has 0 aliphatic heterocycles. The van der Waals surface area contributed by atoms with Crippen LogP contribution in [0.15, 0.2) is 0 Å². The van der Waals surface area contributed by atoms with E-state index in [9.17, 15) is 9.90 Å². The summed E-state index contributed by atoms with van der Waals surface area (Å²) in [6, 6.07) is 0. The van der Waals surface area contributed by atoms with Crippen LogP contribution in [-0.2, 0) is 4.79 Å². The van der Waals surface area contributed by atoms with Crippen molar-refractivity contribution in [2.75, 3.05) is 6.61 Å². The molecule has 1 aliphatic rings. The lowest BCUT2D eigenvalue weighted by Crippen LogP contribution is -2.37. The molecule has 0 aromatic rings. The fraction of sp³-hybridized carbons (Fsp3) is 0.909. The summed E-state index contributed by atoms with van der Waals surface area (Å²) in [5.74, 6) is -0.539. The maximum absolute atomic E-state index is 10.7. The molecular weight excluding hydrogens is 180 g/mol. The summed E-state index contributed by atoms with van der Waals surface area (Å²) in [7, 11) is 0. The van der Waals surface area contributed by atoms with E-state index in [1.54, 1.807) is 0 Å². The van der Waals surface area contributed by atoms with E-state index >= 15 is 0 Å². The Kier molecular flexibility index (Phi) is 2.91. The second-order valence-corrected chi connectivity index (χ2v) is 5.27. The van der Waals surface area contributed by atoms with E-state index in [0.717, 1.165) is 12.8 Å². The second-order valence-electron chi connectivity index (χ2n) is 5.27. The molecule has 1 fully saturated rings. The van der Waals surface area contributed by atoms with Crippen LogP contribution in [0.2, 0.25) is 0 Å². The summed E-state index contributed by atoms with van der Waals surface area (Å²) in [4.78, 5) is 10.7. The van der Waals surface area contributed by atoms with Crippen LogP contribution in [0.1, 0.15) is 40.0 Å². The Labute approximate surface area is 85.1 Å². The van der Waals surface area contributed by atoms with Gasteiger partial charge in [0, 0.05) is 13.0 Å². The molecule has 0 spiro atoms. The highest BCUT2D eigenvalue weighted by Gasteiger charge is 2.51. The lowest BCUT2D eigenvalue weighted by atomic mass is 9.65. The third-order valence-corrected chi connectivity index (χ3v) is 4.39. The molecule has 2 unspecified atom stereocenters. The first kappa shape index (κ1) is 11.5. The van der Waals surface area contributed by atoms with Gasteiger partial charge in [0.25, 0.3) is 0 Å². The number of rotatable bonds is 3. The van der Waals surface area contributed by atoms with Crippen molar-refractivity contribution in [3.8, 4) is 0 Å². The standard InChI is InChI=1S/C11H20O3/c1-10(2)8(6-9(13)14)4-5-11(10,3)7-12/h8,12H,4-7H2,1-3H3,(H,13,14). The Bertz CT molecular complexity index is 235. The van der Waals surface area contributed by atoms with Crippen molar-refractivity contribution in [3.05, 3.63) is 0 Å². The van der Waals surface area contributed by atoms with Crippen LogP contribution >= 0.6 is 0 Å². The molecule has 0 aromatic heterocycles. The van der Waals surface area contributed by atoms with Gasteiger partial charge < -0.3 is 10.2 Å². The summed E-state index contributed by atoms with van der Waals surface area (Å²) >= 11 is 0. The number of carboxylic acids is 1. The Balaban J connectivity index is 2.80. The van der Waals surface area contributed by atoms with Gasteiger partial charge in [0.2, 0.25) is 0 Å². The Morgan fingerprint density at radius 1 is 1.43 bits per heavy atom. The minimum atomic E-state index is -0.731. The van der Waals surface area contributed by atoms with E-state index in [1.807, 2.05) is 0 Å². The number of hydrogen-bond acceptors (Lipinski definition) is 2. The van der Waals surface area contributed by atoms with Crippen molar-refractivity contribution in [1.29, 1.82) is 0 Å². The first-order valence-corrected chi connectivity index (χ1v) is 5.16. The second kappa shape index (κ2) is 3.54. The van der Waals surface area contributed by atoms with Crippen LogP contribution in [0, 0.1) is 16.7 Å². The average Bonchev–Trinajstić information content (AvgIpc) is 2.29. The van der Waals surface area contributed by atoms with E-state index < -0.39 is 5.97 Å². The van der Waals surface area contributed by atoms with Gasteiger partial charge in [-0.05, 0) is 29.6 Å². The summed E-state index contributed by atoms with van der Waals surface area (Å²) in [5.41, 5.74) is -0.201.